The van der Waals surface area contributed by atoms with Gasteiger partial charge >= 0.3 is 5.97 Å². The number of quaternary nitrogens is 1. The maximum atomic E-state index is 11.5. The summed E-state index contributed by atoms with van der Waals surface area (Å²) in [4.78, 5) is 13.8. The van der Waals surface area contributed by atoms with Crippen molar-refractivity contribution >= 4 is 46.1 Å². The third-order valence-electron chi connectivity index (χ3n) is 9.19. The Morgan fingerprint density at radius 3 is 1.90 bits per heavy atom. The first kappa shape index (κ1) is 31.7. The van der Waals surface area contributed by atoms with Crippen molar-refractivity contribution in [2.24, 2.45) is 0 Å². The van der Waals surface area contributed by atoms with Crippen molar-refractivity contribution in [3.05, 3.63) is 162 Å². The van der Waals surface area contributed by atoms with Gasteiger partial charge in [-0.15, -0.1) is 0 Å². The average molecular weight is 644 g/mol. The molecule has 0 N–H and O–H groups in total. The summed E-state index contributed by atoms with van der Waals surface area (Å²) in [5.74, 6) is 0.973. The Morgan fingerprint density at radius 2 is 1.24 bits per heavy atom. The van der Waals surface area contributed by atoms with Crippen molar-refractivity contribution in [3.8, 4) is 22.6 Å². The zero-order valence-corrected chi connectivity index (χ0v) is 28.5. The van der Waals surface area contributed by atoms with Crippen molar-refractivity contribution in [3.63, 3.8) is 0 Å². The van der Waals surface area contributed by atoms with Gasteiger partial charge in [-0.3, -0.25) is 9.28 Å². The van der Waals surface area contributed by atoms with Crippen LogP contribution in [0.15, 0.2) is 140 Å². The van der Waals surface area contributed by atoms with Gasteiger partial charge in [0.25, 0.3) is 0 Å². The van der Waals surface area contributed by atoms with Crippen molar-refractivity contribution in [2.45, 2.75) is 13.8 Å². The molecule has 0 radical (unpaired) electrons. The first-order valence-corrected chi connectivity index (χ1v) is 16.4. The first-order valence-electron chi connectivity index (χ1n) is 16.4. The number of hydrogen-bond donors (Lipinski definition) is 0. The molecule has 0 atom stereocenters. The molecule has 1 aliphatic rings. The Kier molecular flexibility index (Phi) is 8.37. The number of aryl methyl sites for hydroxylation is 1. The number of anilines is 3. The molecule has 1 heterocycles. The van der Waals surface area contributed by atoms with Crippen LogP contribution < -0.4 is 18.9 Å². The van der Waals surface area contributed by atoms with E-state index in [0.29, 0.717) is 10.2 Å². The number of nitrogens with zero attached hydrogens (tertiary/aromatic N) is 2. The fourth-order valence-corrected chi connectivity index (χ4v) is 6.74. The standard InChI is InChI=1S/C44H39N2O3/c1-30-9-8-10-36(27-30)45(37-21-26-41-40-11-6-7-12-43(40)46(3,4)44(41)29-37)35-19-13-32(14-20-35)28-42(33-15-22-38(48-5)23-16-33)34-17-24-39(25-18-34)49-31(2)47/h6-29H,1-5H3/q+1. The summed E-state index contributed by atoms with van der Waals surface area (Å²) in [5, 5.41) is 0. The highest BCUT2D eigenvalue weighted by molar-refractivity contribution is 5.97. The average Bonchev–Trinajstić information content (AvgIpc) is 3.34. The minimum atomic E-state index is -0.341. The molecule has 6 aromatic carbocycles. The molecule has 1 aliphatic heterocycles. The Bertz CT molecular complexity index is 2180. The monoisotopic (exact) mass is 643 g/mol. The topological polar surface area (TPSA) is 38.8 Å². The molecule has 6 aromatic rings. The predicted octanol–water partition coefficient (Wildman–Crippen LogP) is 10.9. The second-order valence-corrected chi connectivity index (χ2v) is 12.8. The van der Waals surface area contributed by atoms with Crippen molar-refractivity contribution in [1.29, 1.82) is 0 Å². The minimum Gasteiger partial charge on any atom is -0.497 e. The lowest BCUT2D eigenvalue weighted by Gasteiger charge is -2.29. The van der Waals surface area contributed by atoms with E-state index in [2.05, 4.69) is 135 Å². The van der Waals surface area contributed by atoms with E-state index in [1.807, 2.05) is 36.4 Å². The Morgan fingerprint density at radius 1 is 0.633 bits per heavy atom. The van der Waals surface area contributed by atoms with Crippen molar-refractivity contribution in [1.82, 2.24) is 4.48 Å². The third-order valence-corrected chi connectivity index (χ3v) is 9.19. The number of carbonyl (C=O) groups is 1. The highest BCUT2D eigenvalue weighted by Crippen LogP contribution is 2.52. The van der Waals surface area contributed by atoms with Crippen LogP contribution in [0.1, 0.15) is 29.2 Å². The Balaban J connectivity index is 1.29. The summed E-state index contributed by atoms with van der Waals surface area (Å²) in [6.07, 6.45) is 2.19. The summed E-state index contributed by atoms with van der Waals surface area (Å²) in [6, 6.07) is 48.6. The number of rotatable bonds is 8. The predicted molar refractivity (Wildman–Crippen MR) is 202 cm³/mol. The second-order valence-electron chi connectivity index (χ2n) is 12.8. The third kappa shape index (κ3) is 6.24. The van der Waals surface area contributed by atoms with E-state index in [9.17, 15) is 4.79 Å². The van der Waals surface area contributed by atoms with Crippen LogP contribution in [0, 0.1) is 6.92 Å². The molecular formula is C44H39N2O3+. The molecular weight excluding hydrogens is 604 g/mol. The zero-order chi connectivity index (χ0) is 34.1. The molecule has 5 nitrogen and oxygen atoms in total. The van der Waals surface area contributed by atoms with Crippen LogP contribution >= 0.6 is 0 Å². The van der Waals surface area contributed by atoms with E-state index in [-0.39, 0.29) is 5.97 Å². The van der Waals surface area contributed by atoms with Gasteiger partial charge < -0.3 is 14.4 Å². The number of fused-ring (bicyclic) bond motifs is 3. The molecule has 7 rings (SSSR count). The van der Waals surface area contributed by atoms with E-state index in [1.165, 1.54) is 35.0 Å². The lowest BCUT2D eigenvalue weighted by molar-refractivity contribution is -0.131. The SMILES string of the molecule is COc1ccc(C(=Cc2ccc(N(c3cccc(C)c3)c3ccc4c(c3)[N+](C)(C)c3ccccc3-4)cc2)c2ccc(OC(C)=O)cc2)cc1. The lowest BCUT2D eigenvalue weighted by atomic mass is 9.95. The molecule has 0 aliphatic carbocycles. The minimum absolute atomic E-state index is 0.341. The number of para-hydroxylation sites is 1. The van der Waals surface area contributed by atoms with E-state index in [1.54, 1.807) is 7.11 Å². The van der Waals surface area contributed by atoms with Gasteiger partial charge in [0.2, 0.25) is 0 Å². The molecule has 5 heteroatoms. The fourth-order valence-electron chi connectivity index (χ4n) is 6.74. The van der Waals surface area contributed by atoms with Gasteiger partial charge in [-0.25, -0.2) is 0 Å². The number of methoxy groups -OCH3 is 1. The number of ether oxygens (including phenoxy) is 2. The number of hydrogen-bond acceptors (Lipinski definition) is 4. The largest absolute Gasteiger partial charge is 0.497 e. The van der Waals surface area contributed by atoms with E-state index in [0.717, 1.165) is 45.1 Å². The van der Waals surface area contributed by atoms with Crippen LogP contribution in [-0.2, 0) is 4.79 Å². The molecule has 0 unspecified atom stereocenters. The molecule has 0 spiro atoms. The second kappa shape index (κ2) is 12.9. The van der Waals surface area contributed by atoms with Gasteiger partial charge in [-0.1, -0.05) is 60.7 Å². The Hall–Kier alpha value is -5.91. The maximum Gasteiger partial charge on any atom is 0.308 e. The summed E-state index contributed by atoms with van der Waals surface area (Å²) in [7, 11) is 6.19. The molecule has 0 saturated heterocycles. The lowest BCUT2D eigenvalue weighted by Crippen LogP contribution is -2.32. The van der Waals surface area contributed by atoms with Crippen LogP contribution in [0.3, 0.4) is 0 Å². The van der Waals surface area contributed by atoms with E-state index < -0.39 is 0 Å². The van der Waals surface area contributed by atoms with Gasteiger partial charge in [0, 0.05) is 41.6 Å². The van der Waals surface area contributed by atoms with Gasteiger partial charge in [0.1, 0.15) is 22.9 Å². The fraction of sp³-hybridized carbons (Fsp3) is 0.114. The van der Waals surface area contributed by atoms with E-state index >= 15 is 0 Å². The summed E-state index contributed by atoms with van der Waals surface area (Å²) in [6.45, 7) is 3.54. The van der Waals surface area contributed by atoms with Crippen molar-refractivity contribution in [2.75, 3.05) is 26.1 Å². The molecule has 242 valence electrons. The van der Waals surface area contributed by atoms with Crippen LogP contribution in [0.4, 0.5) is 28.4 Å². The van der Waals surface area contributed by atoms with Gasteiger partial charge in [0.05, 0.1) is 26.9 Å². The van der Waals surface area contributed by atoms with Crippen LogP contribution in [-0.4, -0.2) is 27.2 Å². The molecule has 0 saturated carbocycles. The smallest absolute Gasteiger partial charge is 0.308 e. The summed E-state index contributed by atoms with van der Waals surface area (Å²) < 4.78 is 11.4. The quantitative estimate of drug-likeness (QED) is 0.0716. The summed E-state index contributed by atoms with van der Waals surface area (Å²) >= 11 is 0. The van der Waals surface area contributed by atoms with Crippen LogP contribution in [0.2, 0.25) is 0 Å². The molecule has 0 aromatic heterocycles. The highest BCUT2D eigenvalue weighted by atomic mass is 16.5. The number of esters is 1. The van der Waals surface area contributed by atoms with Crippen LogP contribution in [0.5, 0.6) is 11.5 Å². The number of carbonyl (C=O) groups excluding carboxylic acids is 1. The highest BCUT2D eigenvalue weighted by Gasteiger charge is 2.37. The zero-order valence-electron chi connectivity index (χ0n) is 28.5. The van der Waals surface area contributed by atoms with E-state index in [4.69, 9.17) is 9.47 Å². The van der Waals surface area contributed by atoms with Gasteiger partial charge in [-0.2, -0.15) is 0 Å². The first-order chi connectivity index (χ1) is 23.7. The van der Waals surface area contributed by atoms with Gasteiger partial charge in [-0.05, 0) is 108 Å². The molecule has 0 fully saturated rings. The molecule has 49 heavy (non-hydrogen) atoms. The maximum absolute atomic E-state index is 11.5. The van der Waals surface area contributed by atoms with Crippen LogP contribution in [0.25, 0.3) is 22.8 Å². The number of benzene rings is 6. The molecule has 0 bridgehead atoms. The summed E-state index contributed by atoms with van der Waals surface area (Å²) in [5.41, 5.74) is 13.8. The van der Waals surface area contributed by atoms with Gasteiger partial charge in [0.15, 0.2) is 0 Å². The Labute approximate surface area is 288 Å². The molecule has 0 amide bonds. The normalized spacial score (nSPS) is 13.0. The van der Waals surface area contributed by atoms with Crippen molar-refractivity contribution < 1.29 is 14.3 Å².